The summed E-state index contributed by atoms with van der Waals surface area (Å²) in [6, 6.07) is 23.4. The number of hydrogen-bond donors (Lipinski definition) is 1. The molecule has 0 radical (unpaired) electrons. The van der Waals surface area contributed by atoms with Crippen LogP contribution in [0.25, 0.3) is 5.70 Å². The monoisotopic (exact) mass is 478 g/mol. The Labute approximate surface area is 187 Å². The zero-order chi connectivity index (χ0) is 20.5. The second kappa shape index (κ2) is 7.97. The van der Waals surface area contributed by atoms with Gasteiger partial charge in [-0.15, -0.1) is 0 Å². The summed E-state index contributed by atoms with van der Waals surface area (Å²) in [6.45, 7) is 0. The van der Waals surface area contributed by atoms with Gasteiger partial charge in [0.05, 0.1) is 0 Å². The number of allylic oxidation sites excluding steroid dienone is 1. The Morgan fingerprint density at radius 1 is 0.967 bits per heavy atom. The normalized spacial score (nSPS) is 15.1. The van der Waals surface area contributed by atoms with Crippen LogP contribution in [-0.4, -0.2) is 14.8 Å². The standard InChI is InChI=1S/C23H16BrClN4O/c24-17-6-4-15(5-7-17)21-13-22(29-23(28-21)26-14-27-29)16-2-1-3-20(12-16)30-19-10-8-18(25)9-11-19/h1-14,22H,(H,26,27,28)/t22-/m0/s1. The summed E-state index contributed by atoms with van der Waals surface area (Å²) in [5.74, 6) is 2.17. The third-order valence-corrected chi connectivity index (χ3v) is 5.59. The highest BCUT2D eigenvalue weighted by Gasteiger charge is 2.23. The highest BCUT2D eigenvalue weighted by Crippen LogP contribution is 2.34. The average molecular weight is 480 g/mol. The van der Waals surface area contributed by atoms with Gasteiger partial charge in [0.15, 0.2) is 0 Å². The van der Waals surface area contributed by atoms with Crippen molar-refractivity contribution in [3.8, 4) is 11.5 Å². The van der Waals surface area contributed by atoms with E-state index in [1.165, 1.54) is 0 Å². The van der Waals surface area contributed by atoms with Crippen LogP contribution in [0.1, 0.15) is 17.2 Å². The number of fused-ring (bicyclic) bond motifs is 1. The quantitative estimate of drug-likeness (QED) is 0.361. The highest BCUT2D eigenvalue weighted by atomic mass is 79.9. The molecule has 4 aromatic rings. The van der Waals surface area contributed by atoms with E-state index in [9.17, 15) is 0 Å². The Hall–Kier alpha value is -3.09. The zero-order valence-corrected chi connectivity index (χ0v) is 18.0. The topological polar surface area (TPSA) is 52.0 Å². The first-order valence-corrected chi connectivity index (χ1v) is 10.5. The zero-order valence-electron chi connectivity index (χ0n) is 15.7. The molecule has 3 aromatic carbocycles. The fourth-order valence-electron chi connectivity index (χ4n) is 3.37. The van der Waals surface area contributed by atoms with Gasteiger partial charge >= 0.3 is 0 Å². The predicted octanol–water partition coefficient (Wildman–Crippen LogP) is 6.54. The van der Waals surface area contributed by atoms with Gasteiger partial charge in [-0.1, -0.05) is 51.8 Å². The van der Waals surface area contributed by atoms with E-state index in [4.69, 9.17) is 16.3 Å². The molecule has 1 aromatic heterocycles. The van der Waals surface area contributed by atoms with Crippen LogP contribution in [0.4, 0.5) is 5.95 Å². The third kappa shape index (κ3) is 3.84. The van der Waals surface area contributed by atoms with Gasteiger partial charge in [0.2, 0.25) is 5.95 Å². The molecule has 0 aliphatic carbocycles. The van der Waals surface area contributed by atoms with E-state index in [-0.39, 0.29) is 6.04 Å². The molecule has 0 saturated carbocycles. The summed E-state index contributed by atoms with van der Waals surface area (Å²) in [7, 11) is 0. The van der Waals surface area contributed by atoms with E-state index in [2.05, 4.69) is 55.6 Å². The van der Waals surface area contributed by atoms with Gasteiger partial charge in [-0.25, -0.2) is 4.68 Å². The Bertz CT molecular complexity index is 1220. The largest absolute Gasteiger partial charge is 0.457 e. The SMILES string of the molecule is Clc1ccc(Oc2cccc([C@@H]3C=C(c4ccc(Br)cc4)Nc4ncnn43)c2)cc1. The van der Waals surface area contributed by atoms with Crippen LogP contribution in [0.2, 0.25) is 5.02 Å². The molecule has 0 bridgehead atoms. The van der Waals surface area contributed by atoms with Crippen LogP contribution < -0.4 is 10.1 Å². The number of hydrogen-bond acceptors (Lipinski definition) is 4. The van der Waals surface area contributed by atoms with Crippen molar-refractivity contribution in [2.75, 3.05) is 5.32 Å². The van der Waals surface area contributed by atoms with Gasteiger partial charge in [-0.3, -0.25) is 0 Å². The Balaban J connectivity index is 1.50. The van der Waals surface area contributed by atoms with Crippen molar-refractivity contribution in [1.82, 2.24) is 14.8 Å². The Morgan fingerprint density at radius 3 is 2.57 bits per heavy atom. The molecule has 0 saturated heterocycles. The van der Waals surface area contributed by atoms with E-state index < -0.39 is 0 Å². The summed E-state index contributed by atoms with van der Waals surface area (Å²) in [6.07, 6.45) is 3.70. The third-order valence-electron chi connectivity index (χ3n) is 4.81. The minimum absolute atomic E-state index is 0.115. The summed E-state index contributed by atoms with van der Waals surface area (Å²) in [5.41, 5.74) is 3.10. The smallest absolute Gasteiger partial charge is 0.226 e. The Kier molecular flexibility index (Phi) is 5.02. The molecule has 1 aliphatic rings. The number of rotatable bonds is 4. The van der Waals surface area contributed by atoms with Crippen molar-refractivity contribution >= 4 is 39.2 Å². The van der Waals surface area contributed by atoms with Crippen molar-refractivity contribution in [2.45, 2.75) is 6.04 Å². The number of ether oxygens (including phenoxy) is 1. The summed E-state index contributed by atoms with van der Waals surface area (Å²) < 4.78 is 8.91. The van der Waals surface area contributed by atoms with Gasteiger partial charge in [0.1, 0.15) is 23.9 Å². The van der Waals surface area contributed by atoms with Crippen LogP contribution in [0.3, 0.4) is 0 Å². The van der Waals surface area contributed by atoms with Crippen molar-refractivity contribution in [3.63, 3.8) is 0 Å². The molecular formula is C23H16BrClN4O. The van der Waals surface area contributed by atoms with Crippen molar-refractivity contribution in [2.24, 2.45) is 0 Å². The highest BCUT2D eigenvalue weighted by molar-refractivity contribution is 9.10. The summed E-state index contributed by atoms with van der Waals surface area (Å²) >= 11 is 9.45. The number of nitrogens with zero attached hydrogens (tertiary/aromatic N) is 3. The molecule has 5 rings (SSSR count). The lowest BCUT2D eigenvalue weighted by molar-refractivity contribution is 0.480. The van der Waals surface area contributed by atoms with Crippen molar-refractivity contribution < 1.29 is 4.74 Å². The lowest BCUT2D eigenvalue weighted by Crippen LogP contribution is -2.20. The molecule has 7 heteroatoms. The van der Waals surface area contributed by atoms with Gasteiger partial charge < -0.3 is 10.1 Å². The molecule has 0 amide bonds. The molecule has 30 heavy (non-hydrogen) atoms. The van der Waals surface area contributed by atoms with Crippen LogP contribution in [0.15, 0.2) is 89.7 Å². The van der Waals surface area contributed by atoms with E-state index in [0.29, 0.717) is 11.0 Å². The maximum Gasteiger partial charge on any atom is 0.226 e. The minimum atomic E-state index is -0.115. The maximum absolute atomic E-state index is 6.01. The molecule has 2 heterocycles. The van der Waals surface area contributed by atoms with E-state index in [1.54, 1.807) is 6.33 Å². The molecule has 0 unspecified atom stereocenters. The van der Waals surface area contributed by atoms with Crippen LogP contribution >= 0.6 is 27.5 Å². The molecule has 148 valence electrons. The van der Waals surface area contributed by atoms with E-state index in [0.717, 1.165) is 32.8 Å². The second-order valence-corrected chi connectivity index (χ2v) is 8.17. The number of nitrogens with one attached hydrogen (secondary N) is 1. The van der Waals surface area contributed by atoms with Gasteiger partial charge in [0, 0.05) is 15.2 Å². The first-order chi connectivity index (χ1) is 14.7. The number of benzene rings is 3. The molecule has 1 atom stereocenters. The molecule has 1 N–H and O–H groups in total. The van der Waals surface area contributed by atoms with E-state index in [1.807, 2.05) is 59.3 Å². The van der Waals surface area contributed by atoms with Gasteiger partial charge in [-0.05, 0) is 65.7 Å². The number of halogens is 2. The average Bonchev–Trinajstić information content (AvgIpc) is 3.24. The molecule has 0 spiro atoms. The summed E-state index contributed by atoms with van der Waals surface area (Å²) in [4.78, 5) is 4.37. The van der Waals surface area contributed by atoms with Crippen molar-refractivity contribution in [3.05, 3.63) is 106 Å². The fourth-order valence-corrected chi connectivity index (χ4v) is 3.76. The predicted molar refractivity (Wildman–Crippen MR) is 122 cm³/mol. The maximum atomic E-state index is 6.01. The van der Waals surface area contributed by atoms with Gasteiger partial charge in [0.25, 0.3) is 0 Å². The van der Waals surface area contributed by atoms with Crippen molar-refractivity contribution in [1.29, 1.82) is 0 Å². The molecule has 1 aliphatic heterocycles. The van der Waals surface area contributed by atoms with Crippen LogP contribution in [0, 0.1) is 0 Å². The van der Waals surface area contributed by atoms with Gasteiger partial charge in [-0.2, -0.15) is 10.1 Å². The number of anilines is 1. The molecule has 0 fully saturated rings. The first kappa shape index (κ1) is 18.9. The molecular weight excluding hydrogens is 464 g/mol. The lowest BCUT2D eigenvalue weighted by Gasteiger charge is -2.24. The second-order valence-electron chi connectivity index (χ2n) is 6.81. The van der Waals surface area contributed by atoms with E-state index >= 15 is 0 Å². The number of aromatic nitrogens is 3. The first-order valence-electron chi connectivity index (χ1n) is 9.33. The summed E-state index contributed by atoms with van der Waals surface area (Å²) in [5, 5.41) is 8.46. The fraction of sp³-hybridized carbons (Fsp3) is 0.0435. The Morgan fingerprint density at radius 2 is 1.77 bits per heavy atom. The van der Waals surface area contributed by atoms with Crippen LogP contribution in [-0.2, 0) is 0 Å². The lowest BCUT2D eigenvalue weighted by atomic mass is 10.0. The molecule has 5 nitrogen and oxygen atoms in total. The minimum Gasteiger partial charge on any atom is -0.457 e. The van der Waals surface area contributed by atoms with Crippen LogP contribution in [0.5, 0.6) is 11.5 Å².